The first-order chi connectivity index (χ1) is 13.7. The van der Waals surface area contributed by atoms with E-state index in [0.29, 0.717) is 11.3 Å². The van der Waals surface area contributed by atoms with Gasteiger partial charge in [0.1, 0.15) is 17.1 Å². The van der Waals surface area contributed by atoms with Crippen LogP contribution in [0.4, 0.5) is 5.69 Å². The molecule has 2 N–H and O–H groups in total. The molecule has 0 saturated heterocycles. The maximum absolute atomic E-state index is 12.8. The SMILES string of the molecule is COC(=O)c1ccccc1N(C)C(=O)Cc1c(C)c2c(O)cc(O)cc2oc1=O. The van der Waals surface area contributed by atoms with Gasteiger partial charge in [-0.25, -0.2) is 9.59 Å². The highest BCUT2D eigenvalue weighted by Crippen LogP contribution is 2.32. The van der Waals surface area contributed by atoms with Crippen LogP contribution in [0.15, 0.2) is 45.6 Å². The van der Waals surface area contributed by atoms with Gasteiger partial charge in [-0.2, -0.15) is 0 Å². The van der Waals surface area contributed by atoms with Crippen molar-refractivity contribution in [2.45, 2.75) is 13.3 Å². The second kappa shape index (κ2) is 7.67. The molecule has 2 aromatic carbocycles. The number of likely N-dealkylation sites (N-methyl/N-ethyl adjacent to an activating group) is 1. The topological polar surface area (TPSA) is 117 Å². The molecule has 0 radical (unpaired) electrons. The average Bonchev–Trinajstić information content (AvgIpc) is 2.69. The number of phenols is 2. The molecule has 0 saturated carbocycles. The van der Waals surface area contributed by atoms with Gasteiger partial charge in [0.05, 0.1) is 35.7 Å². The lowest BCUT2D eigenvalue weighted by molar-refractivity contribution is -0.117. The summed E-state index contributed by atoms with van der Waals surface area (Å²) in [5, 5.41) is 19.9. The summed E-state index contributed by atoms with van der Waals surface area (Å²) in [4.78, 5) is 38.5. The molecule has 0 aliphatic heterocycles. The van der Waals surface area contributed by atoms with Gasteiger partial charge in [0.25, 0.3) is 0 Å². The zero-order chi connectivity index (χ0) is 21.3. The lowest BCUT2D eigenvalue weighted by atomic mass is 10.0. The Morgan fingerprint density at radius 2 is 1.86 bits per heavy atom. The van der Waals surface area contributed by atoms with Crippen LogP contribution in [0.5, 0.6) is 11.5 Å². The molecule has 150 valence electrons. The van der Waals surface area contributed by atoms with Gasteiger partial charge in [-0.05, 0) is 24.6 Å². The predicted octanol–water partition coefficient (Wildman–Crippen LogP) is 2.50. The number of amides is 1. The number of aromatic hydroxyl groups is 2. The zero-order valence-electron chi connectivity index (χ0n) is 16.1. The molecule has 0 bridgehead atoms. The van der Waals surface area contributed by atoms with Crippen LogP contribution in [0, 0.1) is 6.92 Å². The Balaban J connectivity index is 2.01. The molecule has 1 heterocycles. The van der Waals surface area contributed by atoms with Crippen molar-refractivity contribution in [2.24, 2.45) is 0 Å². The fourth-order valence-electron chi connectivity index (χ4n) is 3.17. The molecule has 0 fully saturated rings. The number of aryl methyl sites for hydroxylation is 1. The summed E-state index contributed by atoms with van der Waals surface area (Å²) in [5.41, 5.74) is 0.262. The molecule has 0 aliphatic rings. The average molecular weight is 397 g/mol. The summed E-state index contributed by atoms with van der Waals surface area (Å²) < 4.78 is 9.92. The third-order valence-electron chi connectivity index (χ3n) is 4.72. The summed E-state index contributed by atoms with van der Waals surface area (Å²) in [6.45, 7) is 1.58. The highest BCUT2D eigenvalue weighted by Gasteiger charge is 2.22. The molecule has 0 unspecified atom stereocenters. The van der Waals surface area contributed by atoms with Crippen LogP contribution >= 0.6 is 0 Å². The highest BCUT2D eigenvalue weighted by atomic mass is 16.5. The van der Waals surface area contributed by atoms with Crippen LogP contribution in [0.1, 0.15) is 21.5 Å². The number of para-hydroxylation sites is 1. The number of fused-ring (bicyclic) bond motifs is 1. The number of carbonyl (C=O) groups excluding carboxylic acids is 2. The number of methoxy groups -OCH3 is 1. The van der Waals surface area contributed by atoms with E-state index < -0.39 is 17.5 Å². The Morgan fingerprint density at radius 3 is 2.55 bits per heavy atom. The van der Waals surface area contributed by atoms with Crippen molar-refractivity contribution in [3.05, 3.63) is 63.5 Å². The van der Waals surface area contributed by atoms with E-state index in [1.807, 2.05) is 0 Å². The van der Waals surface area contributed by atoms with Crippen molar-refractivity contribution < 1.29 is 29.0 Å². The van der Waals surface area contributed by atoms with Gasteiger partial charge in [-0.3, -0.25) is 4.79 Å². The molecule has 29 heavy (non-hydrogen) atoms. The second-order valence-corrected chi connectivity index (χ2v) is 6.47. The molecule has 8 nitrogen and oxygen atoms in total. The van der Waals surface area contributed by atoms with Gasteiger partial charge in [0.2, 0.25) is 5.91 Å². The summed E-state index contributed by atoms with van der Waals surface area (Å²) in [6, 6.07) is 8.78. The number of hydrogen-bond acceptors (Lipinski definition) is 7. The summed E-state index contributed by atoms with van der Waals surface area (Å²) in [7, 11) is 2.73. The van der Waals surface area contributed by atoms with Gasteiger partial charge in [0, 0.05) is 19.2 Å². The monoisotopic (exact) mass is 397 g/mol. The van der Waals surface area contributed by atoms with Crippen LogP contribution in [0.2, 0.25) is 0 Å². The molecule has 8 heteroatoms. The highest BCUT2D eigenvalue weighted by molar-refractivity contribution is 6.03. The van der Waals surface area contributed by atoms with Gasteiger partial charge in [-0.15, -0.1) is 0 Å². The van der Waals surface area contributed by atoms with Crippen molar-refractivity contribution in [1.82, 2.24) is 0 Å². The number of phenolic OH excluding ortho intramolecular Hbond substituents is 2. The van der Waals surface area contributed by atoms with E-state index in [2.05, 4.69) is 0 Å². The predicted molar refractivity (Wildman–Crippen MR) is 105 cm³/mol. The Bertz CT molecular complexity index is 1180. The van der Waals surface area contributed by atoms with Crippen LogP contribution in [-0.2, 0) is 16.0 Å². The summed E-state index contributed by atoms with van der Waals surface area (Å²) >= 11 is 0. The first-order valence-corrected chi connectivity index (χ1v) is 8.66. The first kappa shape index (κ1) is 19.9. The Hall–Kier alpha value is -3.81. The molecular formula is C21H19NO7. The lowest BCUT2D eigenvalue weighted by Gasteiger charge is -2.20. The number of anilines is 1. The molecule has 1 aromatic heterocycles. The fraction of sp³-hybridized carbons (Fsp3) is 0.190. The van der Waals surface area contributed by atoms with Crippen molar-refractivity contribution in [1.29, 1.82) is 0 Å². The quantitative estimate of drug-likeness (QED) is 0.513. The lowest BCUT2D eigenvalue weighted by Crippen LogP contribution is -2.31. The number of hydrogen-bond donors (Lipinski definition) is 2. The van der Waals surface area contributed by atoms with Crippen molar-refractivity contribution in [3.8, 4) is 11.5 Å². The molecule has 3 aromatic rings. The number of benzene rings is 2. The van der Waals surface area contributed by atoms with E-state index >= 15 is 0 Å². The maximum Gasteiger partial charge on any atom is 0.340 e. The van der Waals surface area contributed by atoms with Crippen LogP contribution in [-0.4, -0.2) is 36.2 Å². The maximum atomic E-state index is 12.8. The van der Waals surface area contributed by atoms with Gasteiger partial charge < -0.3 is 24.3 Å². The summed E-state index contributed by atoms with van der Waals surface area (Å²) in [6.07, 6.45) is -0.309. The minimum atomic E-state index is -0.747. The minimum Gasteiger partial charge on any atom is -0.508 e. The van der Waals surface area contributed by atoms with E-state index in [4.69, 9.17) is 9.15 Å². The minimum absolute atomic E-state index is 0.0191. The largest absolute Gasteiger partial charge is 0.508 e. The van der Waals surface area contributed by atoms with Crippen LogP contribution in [0.25, 0.3) is 11.0 Å². The summed E-state index contributed by atoms with van der Waals surface area (Å²) in [5.74, 6) is -1.57. The Kier molecular flexibility index (Phi) is 5.27. The standard InChI is InChI=1S/C21H19NO7/c1-11-14(21(27)29-17-9-12(23)8-16(24)19(11)17)10-18(25)22(2)15-7-5-4-6-13(15)20(26)28-3/h4-9,23-24H,10H2,1-3H3. The molecular weight excluding hydrogens is 378 g/mol. The second-order valence-electron chi connectivity index (χ2n) is 6.47. The van der Waals surface area contributed by atoms with Crippen molar-refractivity contribution >= 4 is 28.5 Å². The Morgan fingerprint density at radius 1 is 1.17 bits per heavy atom. The van der Waals surface area contributed by atoms with Gasteiger partial charge in [-0.1, -0.05) is 12.1 Å². The molecule has 0 atom stereocenters. The van der Waals surface area contributed by atoms with E-state index in [1.54, 1.807) is 25.1 Å². The van der Waals surface area contributed by atoms with Gasteiger partial charge >= 0.3 is 11.6 Å². The van der Waals surface area contributed by atoms with Gasteiger partial charge in [0.15, 0.2) is 0 Å². The third kappa shape index (κ3) is 3.64. The van der Waals surface area contributed by atoms with Crippen LogP contribution in [0.3, 0.4) is 0 Å². The normalized spacial score (nSPS) is 10.7. The Labute approximate surface area is 165 Å². The van der Waals surface area contributed by atoms with E-state index in [1.165, 1.54) is 31.2 Å². The van der Waals surface area contributed by atoms with Crippen molar-refractivity contribution in [2.75, 3.05) is 19.1 Å². The number of esters is 1. The van der Waals surface area contributed by atoms with E-state index in [-0.39, 0.29) is 40.0 Å². The third-order valence-corrected chi connectivity index (χ3v) is 4.72. The molecule has 1 amide bonds. The smallest absolute Gasteiger partial charge is 0.340 e. The molecule has 0 spiro atoms. The molecule has 0 aliphatic carbocycles. The molecule has 3 rings (SSSR count). The fourth-order valence-corrected chi connectivity index (χ4v) is 3.17. The number of nitrogens with zero attached hydrogens (tertiary/aromatic N) is 1. The zero-order valence-corrected chi connectivity index (χ0v) is 16.1. The van der Waals surface area contributed by atoms with E-state index in [9.17, 15) is 24.6 Å². The van der Waals surface area contributed by atoms with E-state index in [0.717, 1.165) is 6.07 Å². The number of carbonyl (C=O) groups is 2. The van der Waals surface area contributed by atoms with Crippen LogP contribution < -0.4 is 10.5 Å². The number of ether oxygens (including phenoxy) is 1. The number of rotatable bonds is 4. The first-order valence-electron chi connectivity index (χ1n) is 8.66. The van der Waals surface area contributed by atoms with Crippen molar-refractivity contribution in [3.63, 3.8) is 0 Å².